The molecule has 140 valence electrons. The lowest BCUT2D eigenvalue weighted by atomic mass is 10.1. The summed E-state index contributed by atoms with van der Waals surface area (Å²) in [6, 6.07) is 7.10. The Kier molecular flexibility index (Phi) is 7.95. The summed E-state index contributed by atoms with van der Waals surface area (Å²) in [4.78, 5) is 18.8. The lowest BCUT2D eigenvalue weighted by molar-refractivity contribution is -0.118. The van der Waals surface area contributed by atoms with Gasteiger partial charge >= 0.3 is 0 Å². The van der Waals surface area contributed by atoms with E-state index in [0.29, 0.717) is 20.8 Å². The van der Waals surface area contributed by atoms with Gasteiger partial charge in [-0.3, -0.25) is 14.7 Å². The molecule has 1 unspecified atom stereocenters. The number of carbonyl (C=O) groups excluding carboxylic acids is 1. The molecule has 26 heavy (non-hydrogen) atoms. The Morgan fingerprint density at radius 1 is 1.31 bits per heavy atom. The summed E-state index contributed by atoms with van der Waals surface area (Å²) in [7, 11) is 0. The van der Waals surface area contributed by atoms with E-state index in [-0.39, 0.29) is 30.9 Å². The van der Waals surface area contributed by atoms with Gasteiger partial charge in [-0.25, -0.2) is 0 Å². The summed E-state index contributed by atoms with van der Waals surface area (Å²) in [5, 5.41) is 7.19. The molecule has 2 aromatic rings. The van der Waals surface area contributed by atoms with E-state index in [9.17, 15) is 4.79 Å². The average molecular weight is 436 g/mol. The zero-order valence-electron chi connectivity index (χ0n) is 13.7. The number of hydrogen-bond donors (Lipinski definition) is 2. The Labute approximate surface area is 173 Å². The van der Waals surface area contributed by atoms with Crippen molar-refractivity contribution in [1.29, 1.82) is 0 Å². The molecule has 1 aliphatic heterocycles. The number of carbonyl (C=O) groups is 1. The highest BCUT2D eigenvalue weighted by Crippen LogP contribution is 2.33. The Morgan fingerprint density at radius 3 is 2.69 bits per heavy atom. The number of hydrogen-bond acceptors (Lipinski definition) is 4. The predicted octanol–water partition coefficient (Wildman–Crippen LogP) is 4.05. The topological polar surface area (TPSA) is 57.3 Å². The predicted molar refractivity (Wildman–Crippen MR) is 109 cm³/mol. The maximum absolute atomic E-state index is 12.5. The molecular weight excluding hydrogens is 418 g/mol. The summed E-state index contributed by atoms with van der Waals surface area (Å²) >= 11 is 18.2. The van der Waals surface area contributed by atoms with Crippen LogP contribution in [0.15, 0.2) is 36.7 Å². The summed E-state index contributed by atoms with van der Waals surface area (Å²) in [5.74, 6) is -0.179. The van der Waals surface area contributed by atoms with Crippen LogP contribution in [0, 0.1) is 0 Å². The normalized spacial score (nSPS) is 17.4. The second-order valence-electron chi connectivity index (χ2n) is 5.77. The van der Waals surface area contributed by atoms with E-state index in [0.717, 1.165) is 25.2 Å². The molecule has 1 amide bonds. The molecule has 0 radical (unpaired) electrons. The van der Waals surface area contributed by atoms with E-state index in [4.69, 9.17) is 34.8 Å². The molecule has 1 saturated heterocycles. The average Bonchev–Trinajstić information content (AvgIpc) is 2.59. The molecule has 0 saturated carbocycles. The number of aromatic nitrogens is 1. The number of benzene rings is 1. The van der Waals surface area contributed by atoms with Crippen molar-refractivity contribution in [2.45, 2.75) is 6.04 Å². The first kappa shape index (κ1) is 21.2. The standard InChI is InChI=1S/C17H17Cl3N4O.ClH/c18-12-6-13(19)17(14(20)7-12)23-16(25)10-24-5-4-22-9-15(24)11-2-1-3-21-8-11;/h1-3,6-8,15,22H,4-5,9-10H2,(H,23,25);1H. The highest BCUT2D eigenvalue weighted by Gasteiger charge is 2.26. The Hall–Kier alpha value is -1.08. The summed E-state index contributed by atoms with van der Waals surface area (Å²) in [6.45, 7) is 2.58. The van der Waals surface area contributed by atoms with Crippen LogP contribution >= 0.6 is 47.2 Å². The molecular formula is C17H18Cl4N4O. The molecule has 1 aromatic heterocycles. The van der Waals surface area contributed by atoms with Crippen LogP contribution in [0.1, 0.15) is 11.6 Å². The molecule has 3 rings (SSSR count). The van der Waals surface area contributed by atoms with Crippen LogP contribution in [0.2, 0.25) is 15.1 Å². The third-order valence-electron chi connectivity index (χ3n) is 4.04. The van der Waals surface area contributed by atoms with Gasteiger partial charge in [0.1, 0.15) is 0 Å². The number of rotatable bonds is 4. The second-order valence-corrected chi connectivity index (χ2v) is 7.02. The van der Waals surface area contributed by atoms with E-state index in [1.54, 1.807) is 18.3 Å². The molecule has 1 fully saturated rings. The smallest absolute Gasteiger partial charge is 0.238 e. The number of piperazine rings is 1. The zero-order chi connectivity index (χ0) is 17.8. The maximum Gasteiger partial charge on any atom is 0.238 e. The molecule has 9 heteroatoms. The van der Waals surface area contributed by atoms with Crippen LogP contribution < -0.4 is 10.6 Å². The lowest BCUT2D eigenvalue weighted by Gasteiger charge is -2.35. The van der Waals surface area contributed by atoms with Crippen molar-refractivity contribution in [3.8, 4) is 0 Å². The minimum atomic E-state index is -0.179. The fourth-order valence-corrected chi connectivity index (χ4v) is 3.77. The van der Waals surface area contributed by atoms with Crippen molar-refractivity contribution in [2.75, 3.05) is 31.5 Å². The van der Waals surface area contributed by atoms with Gasteiger partial charge in [-0.2, -0.15) is 0 Å². The van der Waals surface area contributed by atoms with E-state index >= 15 is 0 Å². The van der Waals surface area contributed by atoms with Crippen LogP contribution in [0.3, 0.4) is 0 Å². The van der Waals surface area contributed by atoms with E-state index < -0.39 is 0 Å². The van der Waals surface area contributed by atoms with E-state index in [1.165, 1.54) is 0 Å². The van der Waals surface area contributed by atoms with Crippen LogP contribution in [-0.4, -0.2) is 42.0 Å². The molecule has 0 spiro atoms. The SMILES string of the molecule is Cl.O=C(CN1CCNCC1c1cccnc1)Nc1c(Cl)cc(Cl)cc1Cl. The monoisotopic (exact) mass is 434 g/mol. The molecule has 1 aromatic carbocycles. The fourth-order valence-electron chi connectivity index (χ4n) is 2.86. The fraction of sp³-hybridized carbons (Fsp3) is 0.294. The van der Waals surface area contributed by atoms with Gasteiger partial charge in [-0.05, 0) is 23.8 Å². The van der Waals surface area contributed by atoms with Crippen molar-refractivity contribution < 1.29 is 4.79 Å². The largest absolute Gasteiger partial charge is 0.322 e. The third kappa shape index (κ3) is 5.22. The van der Waals surface area contributed by atoms with Gasteiger partial charge in [0.15, 0.2) is 0 Å². The number of anilines is 1. The molecule has 2 N–H and O–H groups in total. The van der Waals surface area contributed by atoms with E-state index in [1.807, 2.05) is 18.3 Å². The molecule has 1 atom stereocenters. The zero-order valence-corrected chi connectivity index (χ0v) is 16.8. The van der Waals surface area contributed by atoms with Gasteiger partial charge in [-0.1, -0.05) is 40.9 Å². The number of halogens is 4. The second kappa shape index (κ2) is 9.74. The molecule has 0 aliphatic carbocycles. The molecule has 1 aliphatic rings. The minimum absolute atomic E-state index is 0. The van der Waals surface area contributed by atoms with Crippen molar-refractivity contribution in [1.82, 2.24) is 15.2 Å². The van der Waals surface area contributed by atoms with Gasteiger partial charge in [0.25, 0.3) is 0 Å². The lowest BCUT2D eigenvalue weighted by Crippen LogP contribution is -2.48. The van der Waals surface area contributed by atoms with Gasteiger partial charge in [0, 0.05) is 43.1 Å². The van der Waals surface area contributed by atoms with Crippen LogP contribution in [0.5, 0.6) is 0 Å². The number of amides is 1. The van der Waals surface area contributed by atoms with Gasteiger partial charge in [0.2, 0.25) is 5.91 Å². The highest BCUT2D eigenvalue weighted by molar-refractivity contribution is 6.42. The number of nitrogens with one attached hydrogen (secondary N) is 2. The van der Waals surface area contributed by atoms with Gasteiger partial charge in [-0.15, -0.1) is 12.4 Å². The van der Waals surface area contributed by atoms with Crippen LogP contribution in [-0.2, 0) is 4.79 Å². The summed E-state index contributed by atoms with van der Waals surface area (Å²) in [5.41, 5.74) is 1.45. The maximum atomic E-state index is 12.5. The third-order valence-corrected chi connectivity index (χ3v) is 4.86. The highest BCUT2D eigenvalue weighted by atomic mass is 35.5. The van der Waals surface area contributed by atoms with E-state index in [2.05, 4.69) is 20.5 Å². The molecule has 2 heterocycles. The van der Waals surface area contributed by atoms with Crippen molar-refractivity contribution in [3.63, 3.8) is 0 Å². The first-order chi connectivity index (χ1) is 12.0. The Bertz CT molecular complexity index is 737. The summed E-state index contributed by atoms with van der Waals surface area (Å²) in [6.07, 6.45) is 3.57. The minimum Gasteiger partial charge on any atom is -0.322 e. The van der Waals surface area contributed by atoms with Crippen molar-refractivity contribution >= 4 is 58.8 Å². The van der Waals surface area contributed by atoms with Crippen molar-refractivity contribution in [3.05, 3.63) is 57.3 Å². The first-order valence-corrected chi connectivity index (χ1v) is 8.97. The summed E-state index contributed by atoms with van der Waals surface area (Å²) < 4.78 is 0. The quantitative estimate of drug-likeness (QED) is 0.760. The first-order valence-electron chi connectivity index (χ1n) is 7.83. The molecule has 5 nitrogen and oxygen atoms in total. The van der Waals surface area contributed by atoms with Crippen LogP contribution in [0.25, 0.3) is 0 Å². The number of pyridine rings is 1. The molecule has 0 bridgehead atoms. The Morgan fingerprint density at radius 2 is 2.04 bits per heavy atom. The Balaban J connectivity index is 0.00000243. The number of nitrogens with zero attached hydrogens (tertiary/aromatic N) is 2. The van der Waals surface area contributed by atoms with Crippen LogP contribution in [0.4, 0.5) is 5.69 Å². The van der Waals surface area contributed by atoms with Gasteiger partial charge in [0.05, 0.1) is 22.3 Å². The van der Waals surface area contributed by atoms with Gasteiger partial charge < -0.3 is 10.6 Å². The van der Waals surface area contributed by atoms with Crippen molar-refractivity contribution in [2.24, 2.45) is 0 Å².